The third-order valence-corrected chi connectivity index (χ3v) is 4.48. The number of benzene rings is 2. The molecule has 0 saturated carbocycles. The van der Waals surface area contributed by atoms with E-state index >= 15 is 0 Å². The molecule has 0 aromatic heterocycles. The first-order chi connectivity index (χ1) is 12.9. The molecule has 2 aromatic carbocycles. The SMILES string of the molecule is CCNC(=O)C(CC)N(Cc1ccc(F)cc1)C(=O)Cc1cccc(Cl)c1. The minimum Gasteiger partial charge on any atom is -0.355 e. The maximum atomic E-state index is 13.2. The highest BCUT2D eigenvalue weighted by atomic mass is 35.5. The van der Waals surface area contributed by atoms with Crippen LogP contribution in [0, 0.1) is 5.82 Å². The molecule has 2 amide bonds. The van der Waals surface area contributed by atoms with E-state index in [4.69, 9.17) is 11.6 Å². The molecule has 27 heavy (non-hydrogen) atoms. The summed E-state index contributed by atoms with van der Waals surface area (Å²) >= 11 is 6.01. The number of carbonyl (C=O) groups is 2. The van der Waals surface area contributed by atoms with E-state index in [9.17, 15) is 14.0 Å². The van der Waals surface area contributed by atoms with Crippen molar-refractivity contribution in [1.82, 2.24) is 10.2 Å². The molecule has 0 heterocycles. The van der Waals surface area contributed by atoms with Crippen LogP contribution < -0.4 is 5.32 Å². The van der Waals surface area contributed by atoms with Crippen LogP contribution in [-0.2, 0) is 22.6 Å². The molecule has 0 saturated heterocycles. The lowest BCUT2D eigenvalue weighted by atomic mass is 10.1. The van der Waals surface area contributed by atoms with Crippen LogP contribution in [0.1, 0.15) is 31.4 Å². The zero-order chi connectivity index (χ0) is 19.8. The molecule has 1 N–H and O–H groups in total. The second-order valence-electron chi connectivity index (χ2n) is 6.27. The highest BCUT2D eigenvalue weighted by Crippen LogP contribution is 2.17. The second kappa shape index (κ2) is 10.1. The fourth-order valence-corrected chi connectivity index (χ4v) is 3.13. The number of carbonyl (C=O) groups excluding carboxylic acids is 2. The molecule has 0 aliphatic heterocycles. The summed E-state index contributed by atoms with van der Waals surface area (Å²) in [4.78, 5) is 27.1. The first kappa shape index (κ1) is 20.9. The first-order valence-corrected chi connectivity index (χ1v) is 9.38. The molecule has 1 atom stereocenters. The second-order valence-corrected chi connectivity index (χ2v) is 6.71. The van der Waals surface area contributed by atoms with Gasteiger partial charge in [-0.25, -0.2) is 4.39 Å². The molecule has 4 nitrogen and oxygen atoms in total. The minimum atomic E-state index is -0.596. The molecule has 2 rings (SSSR count). The van der Waals surface area contributed by atoms with Crippen LogP contribution in [0.4, 0.5) is 4.39 Å². The molecule has 0 fully saturated rings. The Balaban J connectivity index is 2.27. The largest absolute Gasteiger partial charge is 0.355 e. The van der Waals surface area contributed by atoms with E-state index < -0.39 is 6.04 Å². The Morgan fingerprint density at radius 2 is 1.81 bits per heavy atom. The normalized spacial score (nSPS) is 11.7. The highest BCUT2D eigenvalue weighted by Gasteiger charge is 2.28. The van der Waals surface area contributed by atoms with E-state index in [1.54, 1.807) is 35.2 Å². The van der Waals surface area contributed by atoms with Gasteiger partial charge in [-0.05, 0) is 48.7 Å². The van der Waals surface area contributed by atoms with Gasteiger partial charge in [0, 0.05) is 18.1 Å². The Labute approximate surface area is 164 Å². The molecule has 0 spiro atoms. The summed E-state index contributed by atoms with van der Waals surface area (Å²) in [6, 6.07) is 12.5. The molecule has 0 aliphatic carbocycles. The van der Waals surface area contributed by atoms with Crippen LogP contribution in [0.2, 0.25) is 5.02 Å². The van der Waals surface area contributed by atoms with E-state index in [0.717, 1.165) is 11.1 Å². The summed E-state index contributed by atoms with van der Waals surface area (Å²) in [5, 5.41) is 3.34. The molecule has 2 aromatic rings. The minimum absolute atomic E-state index is 0.137. The molecule has 0 aliphatic rings. The van der Waals surface area contributed by atoms with Crippen molar-refractivity contribution < 1.29 is 14.0 Å². The topological polar surface area (TPSA) is 49.4 Å². The van der Waals surface area contributed by atoms with Crippen LogP contribution >= 0.6 is 11.6 Å². The Bertz CT molecular complexity index is 780. The number of hydrogen-bond donors (Lipinski definition) is 1. The van der Waals surface area contributed by atoms with Gasteiger partial charge < -0.3 is 10.2 Å². The van der Waals surface area contributed by atoms with Crippen LogP contribution in [0.25, 0.3) is 0 Å². The number of likely N-dealkylation sites (N-methyl/N-ethyl adjacent to an activating group) is 1. The fraction of sp³-hybridized carbons (Fsp3) is 0.333. The maximum Gasteiger partial charge on any atom is 0.242 e. The van der Waals surface area contributed by atoms with Gasteiger partial charge in [-0.15, -0.1) is 0 Å². The molecule has 1 unspecified atom stereocenters. The summed E-state index contributed by atoms with van der Waals surface area (Å²) < 4.78 is 13.2. The third kappa shape index (κ3) is 6.07. The summed E-state index contributed by atoms with van der Waals surface area (Å²) in [5.41, 5.74) is 1.54. The number of nitrogens with one attached hydrogen (secondary N) is 1. The quantitative estimate of drug-likeness (QED) is 0.741. The highest BCUT2D eigenvalue weighted by molar-refractivity contribution is 6.30. The van der Waals surface area contributed by atoms with Crippen molar-refractivity contribution in [3.05, 3.63) is 70.5 Å². The van der Waals surface area contributed by atoms with Gasteiger partial charge in [-0.3, -0.25) is 9.59 Å². The summed E-state index contributed by atoms with van der Waals surface area (Å²) in [5.74, 6) is -0.715. The summed E-state index contributed by atoms with van der Waals surface area (Å²) in [6.45, 7) is 4.42. The van der Waals surface area contributed by atoms with Crippen LogP contribution in [0.5, 0.6) is 0 Å². The van der Waals surface area contributed by atoms with E-state index in [1.807, 2.05) is 19.9 Å². The summed E-state index contributed by atoms with van der Waals surface area (Å²) in [6.07, 6.45) is 0.617. The van der Waals surface area contributed by atoms with E-state index in [1.165, 1.54) is 12.1 Å². The molecule has 144 valence electrons. The van der Waals surface area contributed by atoms with Crippen molar-refractivity contribution in [2.24, 2.45) is 0 Å². The van der Waals surface area contributed by atoms with Gasteiger partial charge in [0.05, 0.1) is 6.42 Å². The van der Waals surface area contributed by atoms with Crippen molar-refractivity contribution in [1.29, 1.82) is 0 Å². The molecule has 6 heteroatoms. The number of rotatable bonds is 8. The van der Waals surface area contributed by atoms with Gasteiger partial charge in [0.15, 0.2) is 0 Å². The zero-order valence-corrected chi connectivity index (χ0v) is 16.3. The maximum absolute atomic E-state index is 13.2. The monoisotopic (exact) mass is 390 g/mol. The molecular weight excluding hydrogens is 367 g/mol. The lowest BCUT2D eigenvalue weighted by Crippen LogP contribution is -2.49. The third-order valence-electron chi connectivity index (χ3n) is 4.25. The number of halogens is 2. The number of nitrogens with zero attached hydrogens (tertiary/aromatic N) is 1. The van der Waals surface area contributed by atoms with Crippen molar-refractivity contribution in [2.45, 2.75) is 39.3 Å². The number of hydrogen-bond acceptors (Lipinski definition) is 2. The van der Waals surface area contributed by atoms with Crippen molar-refractivity contribution in [3.63, 3.8) is 0 Å². The Morgan fingerprint density at radius 1 is 1.11 bits per heavy atom. The average molecular weight is 391 g/mol. The van der Waals surface area contributed by atoms with Crippen molar-refractivity contribution >= 4 is 23.4 Å². The predicted octanol–water partition coefficient (Wildman–Crippen LogP) is 3.97. The number of amides is 2. The van der Waals surface area contributed by atoms with Crippen LogP contribution in [0.3, 0.4) is 0 Å². The van der Waals surface area contributed by atoms with Crippen LogP contribution in [-0.4, -0.2) is 29.3 Å². The standard InChI is InChI=1S/C21H24ClFN2O2/c1-3-19(21(27)24-4-2)25(14-15-8-10-18(23)11-9-15)20(26)13-16-6-5-7-17(22)12-16/h5-12,19H,3-4,13-14H2,1-2H3,(H,24,27). The summed E-state index contributed by atoms with van der Waals surface area (Å²) in [7, 11) is 0. The van der Waals surface area contributed by atoms with Crippen molar-refractivity contribution in [3.8, 4) is 0 Å². The Morgan fingerprint density at radius 3 is 2.41 bits per heavy atom. The van der Waals surface area contributed by atoms with Gasteiger partial charge in [-0.2, -0.15) is 0 Å². The van der Waals surface area contributed by atoms with Gasteiger partial charge in [0.2, 0.25) is 11.8 Å². The van der Waals surface area contributed by atoms with Gasteiger partial charge in [-0.1, -0.05) is 42.8 Å². The van der Waals surface area contributed by atoms with E-state index in [0.29, 0.717) is 18.0 Å². The average Bonchev–Trinajstić information content (AvgIpc) is 2.63. The Kier molecular flexibility index (Phi) is 7.80. The molecule has 0 radical (unpaired) electrons. The fourth-order valence-electron chi connectivity index (χ4n) is 2.92. The Hall–Kier alpha value is -2.40. The predicted molar refractivity (Wildman–Crippen MR) is 105 cm³/mol. The smallest absolute Gasteiger partial charge is 0.242 e. The molecule has 0 bridgehead atoms. The van der Waals surface area contributed by atoms with Gasteiger partial charge in [0.1, 0.15) is 11.9 Å². The lowest BCUT2D eigenvalue weighted by Gasteiger charge is -2.30. The van der Waals surface area contributed by atoms with Gasteiger partial charge >= 0.3 is 0 Å². The first-order valence-electron chi connectivity index (χ1n) is 9.00. The lowest BCUT2D eigenvalue weighted by molar-refractivity contribution is -0.140. The van der Waals surface area contributed by atoms with E-state index in [2.05, 4.69) is 5.32 Å². The molecular formula is C21H24ClFN2O2. The van der Waals surface area contributed by atoms with E-state index in [-0.39, 0.29) is 30.6 Å². The van der Waals surface area contributed by atoms with Gasteiger partial charge in [0.25, 0.3) is 0 Å². The zero-order valence-electron chi connectivity index (χ0n) is 15.5. The van der Waals surface area contributed by atoms with Crippen molar-refractivity contribution in [2.75, 3.05) is 6.54 Å². The van der Waals surface area contributed by atoms with Crippen LogP contribution in [0.15, 0.2) is 48.5 Å².